The number of hydrogen-bond donors (Lipinski definition) is 3. The highest BCUT2D eigenvalue weighted by Gasteiger charge is 2.09. The van der Waals surface area contributed by atoms with E-state index in [9.17, 15) is 13.2 Å². The van der Waals surface area contributed by atoms with E-state index in [1.54, 1.807) is 12.1 Å². The van der Waals surface area contributed by atoms with E-state index in [-0.39, 0.29) is 12.1 Å². The van der Waals surface area contributed by atoms with Crippen molar-refractivity contribution in [2.24, 2.45) is 0 Å². The van der Waals surface area contributed by atoms with Crippen LogP contribution in [0.3, 0.4) is 0 Å². The zero-order valence-corrected chi connectivity index (χ0v) is 12.0. The van der Waals surface area contributed by atoms with Crippen molar-refractivity contribution in [2.75, 3.05) is 24.7 Å². The second kappa shape index (κ2) is 6.17. The normalized spacial score (nSPS) is 11.2. The van der Waals surface area contributed by atoms with Crippen LogP contribution in [-0.4, -0.2) is 38.8 Å². The van der Waals surface area contributed by atoms with Gasteiger partial charge in [-0.25, -0.2) is 17.9 Å². The van der Waals surface area contributed by atoms with Gasteiger partial charge in [0.05, 0.1) is 11.8 Å². The number of halogens is 1. The van der Waals surface area contributed by atoms with Gasteiger partial charge in [-0.05, 0) is 18.2 Å². The number of nitrogens with one attached hydrogen (secondary N) is 2. The minimum atomic E-state index is -3.23. The molecule has 18 heavy (non-hydrogen) atoms. The predicted molar refractivity (Wildman–Crippen MR) is 72.4 cm³/mol. The zero-order chi connectivity index (χ0) is 13.8. The van der Waals surface area contributed by atoms with E-state index in [0.29, 0.717) is 12.2 Å². The van der Waals surface area contributed by atoms with Gasteiger partial charge in [-0.2, -0.15) is 0 Å². The van der Waals surface area contributed by atoms with Crippen molar-refractivity contribution < 1.29 is 18.3 Å². The average Bonchev–Trinajstić information content (AvgIpc) is 2.22. The predicted octanol–water partition coefficient (Wildman–Crippen LogP) is 1.11. The molecule has 0 aliphatic carbocycles. The van der Waals surface area contributed by atoms with Crippen LogP contribution in [0.25, 0.3) is 0 Å². The highest BCUT2D eigenvalue weighted by molar-refractivity contribution is 9.10. The van der Waals surface area contributed by atoms with Gasteiger partial charge in [-0.3, -0.25) is 0 Å². The fraction of sp³-hybridized carbons (Fsp3) is 0.300. The number of aromatic carboxylic acids is 1. The third-order valence-electron chi connectivity index (χ3n) is 2.02. The molecule has 0 radical (unpaired) electrons. The molecule has 8 heteroatoms. The van der Waals surface area contributed by atoms with Crippen molar-refractivity contribution in [3.05, 3.63) is 28.2 Å². The summed E-state index contributed by atoms with van der Waals surface area (Å²) in [6, 6.07) is 4.73. The Morgan fingerprint density at radius 2 is 2.06 bits per heavy atom. The van der Waals surface area contributed by atoms with Crippen LogP contribution in [0.5, 0.6) is 0 Å². The maximum absolute atomic E-state index is 11.0. The van der Waals surface area contributed by atoms with E-state index in [1.165, 1.54) is 6.07 Å². The number of benzene rings is 1. The number of carboxylic acids is 1. The van der Waals surface area contributed by atoms with Crippen molar-refractivity contribution in [3.63, 3.8) is 0 Å². The van der Waals surface area contributed by atoms with Crippen LogP contribution in [-0.2, 0) is 10.0 Å². The van der Waals surface area contributed by atoms with E-state index >= 15 is 0 Å². The quantitative estimate of drug-likeness (QED) is 0.676. The number of anilines is 1. The van der Waals surface area contributed by atoms with Crippen molar-refractivity contribution in [1.29, 1.82) is 0 Å². The van der Waals surface area contributed by atoms with Crippen molar-refractivity contribution in [3.8, 4) is 0 Å². The van der Waals surface area contributed by atoms with E-state index in [0.717, 1.165) is 10.7 Å². The zero-order valence-electron chi connectivity index (χ0n) is 9.60. The molecule has 0 unspecified atom stereocenters. The fourth-order valence-electron chi connectivity index (χ4n) is 1.28. The van der Waals surface area contributed by atoms with Crippen LogP contribution in [0.2, 0.25) is 0 Å². The van der Waals surface area contributed by atoms with E-state index in [4.69, 9.17) is 5.11 Å². The number of sulfonamides is 1. The van der Waals surface area contributed by atoms with Gasteiger partial charge in [0.15, 0.2) is 0 Å². The molecule has 0 amide bonds. The molecule has 0 aliphatic heterocycles. The molecule has 0 atom stereocenters. The largest absolute Gasteiger partial charge is 0.478 e. The summed E-state index contributed by atoms with van der Waals surface area (Å²) < 4.78 is 24.7. The van der Waals surface area contributed by atoms with Gasteiger partial charge in [-0.1, -0.05) is 15.9 Å². The maximum atomic E-state index is 11.0. The van der Waals surface area contributed by atoms with Crippen LogP contribution in [0.1, 0.15) is 10.4 Å². The third-order valence-corrected chi connectivity index (χ3v) is 3.24. The molecular weight excluding hydrogens is 324 g/mol. The molecule has 0 bridgehead atoms. The van der Waals surface area contributed by atoms with Crippen LogP contribution in [0.15, 0.2) is 22.7 Å². The fourth-order valence-corrected chi connectivity index (χ4v) is 2.12. The Morgan fingerprint density at radius 3 is 2.61 bits per heavy atom. The minimum Gasteiger partial charge on any atom is -0.478 e. The molecule has 0 saturated heterocycles. The molecule has 1 aromatic rings. The summed E-state index contributed by atoms with van der Waals surface area (Å²) in [5, 5.41) is 11.8. The van der Waals surface area contributed by atoms with Gasteiger partial charge in [0.25, 0.3) is 0 Å². The summed E-state index contributed by atoms with van der Waals surface area (Å²) in [7, 11) is -3.23. The second-order valence-corrected chi connectivity index (χ2v) is 6.34. The van der Waals surface area contributed by atoms with Crippen molar-refractivity contribution in [2.45, 2.75) is 0 Å². The van der Waals surface area contributed by atoms with Gasteiger partial charge in [0.2, 0.25) is 10.0 Å². The van der Waals surface area contributed by atoms with Crippen LogP contribution in [0, 0.1) is 0 Å². The molecular formula is C10H13BrN2O4S. The molecule has 1 rings (SSSR count). The van der Waals surface area contributed by atoms with Crippen LogP contribution in [0.4, 0.5) is 5.69 Å². The topological polar surface area (TPSA) is 95.5 Å². The van der Waals surface area contributed by atoms with Gasteiger partial charge >= 0.3 is 5.97 Å². The molecule has 3 N–H and O–H groups in total. The first-order valence-electron chi connectivity index (χ1n) is 5.01. The Labute approximate surface area is 114 Å². The number of carboxylic acid groups (broad SMARTS) is 1. The summed E-state index contributed by atoms with van der Waals surface area (Å²) in [6.45, 7) is 0.480. The molecule has 100 valence electrons. The van der Waals surface area contributed by atoms with E-state index in [2.05, 4.69) is 26.0 Å². The molecule has 0 aromatic heterocycles. The smallest absolute Gasteiger partial charge is 0.337 e. The van der Waals surface area contributed by atoms with Gasteiger partial charge in [-0.15, -0.1) is 0 Å². The SMILES string of the molecule is CS(=O)(=O)NCCNc1cc(Br)ccc1C(=O)O. The molecule has 0 aliphatic rings. The third kappa shape index (κ3) is 5.03. The summed E-state index contributed by atoms with van der Waals surface area (Å²) in [5.41, 5.74) is 0.574. The summed E-state index contributed by atoms with van der Waals surface area (Å²) in [6.07, 6.45) is 1.06. The molecule has 0 fully saturated rings. The highest BCUT2D eigenvalue weighted by atomic mass is 79.9. The van der Waals surface area contributed by atoms with Gasteiger partial charge in [0, 0.05) is 23.2 Å². The van der Waals surface area contributed by atoms with E-state index in [1.807, 2.05) is 0 Å². The van der Waals surface area contributed by atoms with Crippen LogP contribution >= 0.6 is 15.9 Å². The Bertz CT molecular complexity index is 545. The first-order chi connectivity index (χ1) is 8.29. The lowest BCUT2D eigenvalue weighted by Gasteiger charge is -2.10. The van der Waals surface area contributed by atoms with Crippen LogP contribution < -0.4 is 10.0 Å². The average molecular weight is 337 g/mol. The van der Waals surface area contributed by atoms with Gasteiger partial charge < -0.3 is 10.4 Å². The molecule has 1 aromatic carbocycles. The molecule has 6 nitrogen and oxygen atoms in total. The lowest BCUT2D eigenvalue weighted by Crippen LogP contribution is -2.27. The number of carbonyl (C=O) groups is 1. The first kappa shape index (κ1) is 14.9. The lowest BCUT2D eigenvalue weighted by atomic mass is 10.2. The first-order valence-corrected chi connectivity index (χ1v) is 7.69. The van der Waals surface area contributed by atoms with Gasteiger partial charge in [0.1, 0.15) is 0 Å². The van der Waals surface area contributed by atoms with E-state index < -0.39 is 16.0 Å². The molecule has 0 heterocycles. The van der Waals surface area contributed by atoms with Crippen molar-refractivity contribution in [1.82, 2.24) is 4.72 Å². The Balaban J connectivity index is 2.66. The Hall–Kier alpha value is -1.12. The second-order valence-electron chi connectivity index (χ2n) is 3.59. The Morgan fingerprint density at radius 1 is 1.39 bits per heavy atom. The summed E-state index contributed by atoms with van der Waals surface area (Å²) in [5.74, 6) is -1.04. The number of hydrogen-bond acceptors (Lipinski definition) is 4. The summed E-state index contributed by atoms with van der Waals surface area (Å²) in [4.78, 5) is 11.0. The molecule has 0 spiro atoms. The standard InChI is InChI=1S/C10H13BrN2O4S/c1-18(16,17)13-5-4-12-9-6-7(11)2-3-8(9)10(14)15/h2-3,6,12-13H,4-5H2,1H3,(H,14,15). The summed E-state index contributed by atoms with van der Waals surface area (Å²) >= 11 is 3.24. The monoisotopic (exact) mass is 336 g/mol. The minimum absolute atomic E-state index is 0.137. The lowest BCUT2D eigenvalue weighted by molar-refractivity contribution is 0.0698. The number of rotatable bonds is 6. The molecule has 0 saturated carbocycles. The maximum Gasteiger partial charge on any atom is 0.337 e. The van der Waals surface area contributed by atoms with Crippen molar-refractivity contribution >= 4 is 37.6 Å². The Kier molecular flexibility index (Phi) is 5.12. The highest BCUT2D eigenvalue weighted by Crippen LogP contribution is 2.21.